The van der Waals surface area contributed by atoms with E-state index in [0.29, 0.717) is 24.6 Å². The Bertz CT molecular complexity index is 1100. The molecule has 160 valence electrons. The van der Waals surface area contributed by atoms with Gasteiger partial charge in [-0.1, -0.05) is 31.5 Å². The van der Waals surface area contributed by atoms with Crippen LogP contribution >= 0.6 is 0 Å². The summed E-state index contributed by atoms with van der Waals surface area (Å²) in [5.74, 6) is 0.791. The van der Waals surface area contributed by atoms with Gasteiger partial charge < -0.3 is 9.30 Å². The van der Waals surface area contributed by atoms with E-state index in [4.69, 9.17) is 4.74 Å². The number of hydrogen-bond acceptors (Lipinski definition) is 4. The molecule has 0 aliphatic heterocycles. The normalized spacial score (nSPS) is 11.7. The van der Waals surface area contributed by atoms with Crippen LogP contribution in [0, 0.1) is 19.8 Å². The number of aryl methyl sites for hydroxylation is 3. The average molecular weight is 428 g/mol. The second-order valence-corrected chi connectivity index (χ2v) is 9.84. The highest BCUT2D eigenvalue weighted by molar-refractivity contribution is 7.92. The van der Waals surface area contributed by atoms with Gasteiger partial charge in [-0.15, -0.1) is 0 Å². The second kappa shape index (κ2) is 8.92. The molecule has 0 bridgehead atoms. The number of rotatable bonds is 8. The largest absolute Gasteiger partial charge is 0.487 e. The third-order valence-corrected chi connectivity index (χ3v) is 6.66. The number of sulfonamides is 1. The minimum absolute atomic E-state index is 0.182. The van der Waals surface area contributed by atoms with Crippen molar-refractivity contribution in [2.24, 2.45) is 13.0 Å². The molecule has 0 unspecified atom stereocenters. The van der Waals surface area contributed by atoms with Gasteiger partial charge in [-0.25, -0.2) is 13.4 Å². The van der Waals surface area contributed by atoms with Crippen LogP contribution in [0.4, 0.5) is 5.69 Å². The molecule has 0 saturated carbocycles. The van der Waals surface area contributed by atoms with Crippen LogP contribution in [0.25, 0.3) is 0 Å². The molecule has 3 rings (SSSR count). The van der Waals surface area contributed by atoms with Gasteiger partial charge in [0.15, 0.2) is 0 Å². The van der Waals surface area contributed by atoms with E-state index in [9.17, 15) is 8.42 Å². The molecule has 6 nitrogen and oxygen atoms in total. The number of imidazole rings is 1. The van der Waals surface area contributed by atoms with Crippen molar-refractivity contribution < 1.29 is 13.2 Å². The van der Waals surface area contributed by atoms with Crippen LogP contribution in [0.15, 0.2) is 59.9 Å². The summed E-state index contributed by atoms with van der Waals surface area (Å²) < 4.78 is 36.1. The van der Waals surface area contributed by atoms with Gasteiger partial charge >= 0.3 is 0 Å². The Labute approximate surface area is 179 Å². The van der Waals surface area contributed by atoms with Gasteiger partial charge in [-0.3, -0.25) is 4.31 Å². The highest BCUT2D eigenvalue weighted by Crippen LogP contribution is 2.29. The highest BCUT2D eigenvalue weighted by atomic mass is 32.2. The fourth-order valence-electron chi connectivity index (χ4n) is 3.26. The fraction of sp³-hybridized carbons (Fsp3) is 0.348. The predicted molar refractivity (Wildman–Crippen MR) is 119 cm³/mol. The van der Waals surface area contributed by atoms with Gasteiger partial charge in [0.05, 0.1) is 28.8 Å². The van der Waals surface area contributed by atoms with Crippen LogP contribution in [0.3, 0.4) is 0 Å². The Morgan fingerprint density at radius 1 is 1.10 bits per heavy atom. The number of ether oxygens (including phenoxy) is 1. The molecular weight excluding hydrogens is 398 g/mol. The van der Waals surface area contributed by atoms with Gasteiger partial charge in [0.25, 0.3) is 10.0 Å². The summed E-state index contributed by atoms with van der Waals surface area (Å²) in [6.07, 6.45) is 3.46. The smallest absolute Gasteiger partial charge is 0.264 e. The summed E-state index contributed by atoms with van der Waals surface area (Å²) in [6.45, 7) is 8.75. The number of nitrogens with zero attached hydrogens (tertiary/aromatic N) is 3. The molecule has 0 aliphatic rings. The molecule has 0 fully saturated rings. The number of hydrogen-bond donors (Lipinski definition) is 0. The lowest BCUT2D eigenvalue weighted by molar-refractivity contribution is 0.297. The summed E-state index contributed by atoms with van der Waals surface area (Å²) >= 11 is 0. The second-order valence-electron chi connectivity index (χ2n) is 7.98. The van der Waals surface area contributed by atoms with Crippen molar-refractivity contribution in [2.75, 3.05) is 10.8 Å². The monoisotopic (exact) mass is 427 g/mol. The van der Waals surface area contributed by atoms with E-state index < -0.39 is 10.0 Å². The van der Waals surface area contributed by atoms with Crippen molar-refractivity contribution in [3.8, 4) is 5.75 Å². The number of benzene rings is 2. The van der Waals surface area contributed by atoms with Gasteiger partial charge in [0.2, 0.25) is 0 Å². The molecule has 0 radical (unpaired) electrons. The predicted octanol–water partition coefficient (Wildman–Crippen LogP) is 4.47. The first-order chi connectivity index (χ1) is 14.2. The lowest BCUT2D eigenvalue weighted by atomic mass is 10.1. The lowest BCUT2D eigenvalue weighted by Gasteiger charge is -2.28. The Morgan fingerprint density at radius 2 is 1.80 bits per heavy atom. The van der Waals surface area contributed by atoms with E-state index in [2.05, 4.69) is 4.98 Å². The molecule has 1 heterocycles. The average Bonchev–Trinajstić information content (AvgIpc) is 3.10. The molecule has 0 spiro atoms. The molecular formula is C23H29N3O3S. The third kappa shape index (κ3) is 4.84. The maximum atomic E-state index is 13.5. The van der Waals surface area contributed by atoms with Crippen LogP contribution in [-0.2, 0) is 23.7 Å². The molecule has 0 N–H and O–H groups in total. The van der Waals surface area contributed by atoms with E-state index in [-0.39, 0.29) is 10.8 Å². The summed E-state index contributed by atoms with van der Waals surface area (Å²) in [6, 6.07) is 12.4. The van der Waals surface area contributed by atoms with E-state index in [1.165, 1.54) is 4.31 Å². The Hall–Kier alpha value is -2.80. The molecule has 0 aliphatic carbocycles. The molecule has 30 heavy (non-hydrogen) atoms. The Kier molecular flexibility index (Phi) is 6.51. The van der Waals surface area contributed by atoms with Crippen LogP contribution < -0.4 is 9.04 Å². The van der Waals surface area contributed by atoms with E-state index >= 15 is 0 Å². The molecule has 3 aromatic rings. The van der Waals surface area contributed by atoms with Crippen molar-refractivity contribution in [2.45, 2.75) is 39.2 Å². The number of anilines is 1. The summed E-state index contributed by atoms with van der Waals surface area (Å²) in [4.78, 5) is 4.31. The summed E-state index contributed by atoms with van der Waals surface area (Å²) in [5.41, 5.74) is 3.69. The van der Waals surface area contributed by atoms with Crippen molar-refractivity contribution >= 4 is 15.7 Å². The van der Waals surface area contributed by atoms with Crippen LogP contribution in [0.1, 0.15) is 30.7 Å². The van der Waals surface area contributed by atoms with E-state index in [1.807, 2.05) is 57.5 Å². The minimum Gasteiger partial charge on any atom is -0.487 e. The zero-order valence-electron chi connectivity index (χ0n) is 18.2. The quantitative estimate of drug-likeness (QED) is 0.532. The first-order valence-electron chi connectivity index (χ1n) is 9.96. The van der Waals surface area contributed by atoms with Crippen molar-refractivity contribution in [3.63, 3.8) is 0 Å². The molecule has 0 saturated heterocycles. The van der Waals surface area contributed by atoms with Gasteiger partial charge in [-0.2, -0.15) is 0 Å². The summed E-state index contributed by atoms with van der Waals surface area (Å²) in [5, 5.41) is 0. The van der Waals surface area contributed by atoms with E-state index in [0.717, 1.165) is 16.8 Å². The molecule has 0 amide bonds. The summed E-state index contributed by atoms with van der Waals surface area (Å²) in [7, 11) is -1.80. The first kappa shape index (κ1) is 21.9. The first-order valence-corrected chi connectivity index (χ1v) is 11.4. The van der Waals surface area contributed by atoms with Gasteiger partial charge in [-0.05, 0) is 55.7 Å². The highest BCUT2D eigenvalue weighted by Gasteiger charge is 2.27. The standard InChI is InChI=1S/C23H29N3O3S/c1-17(2)14-26(23-11-6-18(3)12-19(23)4)30(27,28)22-9-7-21(8-10-22)29-15-20-13-24-16-25(20)5/h6-13,16-17H,14-15H2,1-5H3. The molecule has 2 aromatic carbocycles. The zero-order valence-corrected chi connectivity index (χ0v) is 19.0. The van der Waals surface area contributed by atoms with Crippen LogP contribution in [0.2, 0.25) is 0 Å². The fourth-order valence-corrected chi connectivity index (χ4v) is 4.95. The van der Waals surface area contributed by atoms with Crippen LogP contribution in [0.5, 0.6) is 5.75 Å². The van der Waals surface area contributed by atoms with E-state index in [1.54, 1.807) is 36.8 Å². The van der Waals surface area contributed by atoms with Crippen molar-refractivity contribution in [1.29, 1.82) is 0 Å². The number of aromatic nitrogens is 2. The van der Waals surface area contributed by atoms with Crippen molar-refractivity contribution in [3.05, 3.63) is 71.8 Å². The maximum Gasteiger partial charge on any atom is 0.264 e. The molecule has 7 heteroatoms. The Balaban J connectivity index is 1.86. The third-order valence-electron chi connectivity index (χ3n) is 4.87. The molecule has 0 atom stereocenters. The Morgan fingerprint density at radius 3 is 2.37 bits per heavy atom. The maximum absolute atomic E-state index is 13.5. The van der Waals surface area contributed by atoms with Gasteiger partial charge in [0.1, 0.15) is 12.4 Å². The zero-order chi connectivity index (χ0) is 21.9. The van der Waals surface area contributed by atoms with Crippen molar-refractivity contribution in [1.82, 2.24) is 9.55 Å². The topological polar surface area (TPSA) is 64.4 Å². The SMILES string of the molecule is Cc1ccc(N(CC(C)C)S(=O)(=O)c2ccc(OCc3cncn3C)cc2)c(C)c1. The lowest BCUT2D eigenvalue weighted by Crippen LogP contribution is -2.34. The molecule has 1 aromatic heterocycles. The van der Waals surface area contributed by atoms with Gasteiger partial charge in [0, 0.05) is 13.6 Å². The van der Waals surface area contributed by atoms with Crippen LogP contribution in [-0.4, -0.2) is 24.5 Å². The minimum atomic E-state index is -3.70.